The van der Waals surface area contributed by atoms with Crippen LogP contribution in [-0.2, 0) is 19.1 Å². The van der Waals surface area contributed by atoms with Crippen molar-refractivity contribution in [3.05, 3.63) is 24.3 Å². The number of carboxylic acids is 1. The second kappa shape index (κ2) is 46.6. The lowest BCUT2D eigenvalue weighted by molar-refractivity contribution is -0.150. The van der Waals surface area contributed by atoms with Crippen molar-refractivity contribution >= 4 is 17.8 Å². The average Bonchev–Trinajstić information content (AvgIpc) is 3.20. The highest BCUT2D eigenvalue weighted by Gasteiger charge is 2.14. The highest BCUT2D eigenvalue weighted by Crippen LogP contribution is 2.19. The highest BCUT2D eigenvalue weighted by molar-refractivity contribution is 5.80. The molecule has 0 fully saturated rings. The van der Waals surface area contributed by atoms with Crippen LogP contribution in [0.15, 0.2) is 24.3 Å². The van der Waals surface area contributed by atoms with E-state index in [0.717, 1.165) is 77.0 Å². The van der Waals surface area contributed by atoms with Gasteiger partial charge in [0.15, 0.2) is 0 Å². The monoisotopic (exact) mass is 802 g/mol. The van der Waals surface area contributed by atoms with Crippen molar-refractivity contribution in [1.29, 1.82) is 0 Å². The Bertz CT molecular complexity index is 931. The summed E-state index contributed by atoms with van der Waals surface area (Å²) in [5, 5.41) is 11.1. The fourth-order valence-electron chi connectivity index (χ4n) is 7.67. The number of nitrogens with one attached hydrogen (secondary N) is 1. The predicted octanol–water partition coefficient (Wildman–Crippen LogP) is 15.9. The smallest absolute Gasteiger partial charge is 0.322 e. The van der Waals surface area contributed by atoms with E-state index in [0.29, 0.717) is 12.8 Å². The standard InChI is InChI=1S/C51H95NO5/c1-3-5-7-9-11-13-15-17-18-19-20-21-22-23-24-25-27-29-31-33-38-42-46-51(56)57-48(44-40-36-34-37-41-45-49(53)52-47-50(54)55)43-39-35-32-30-28-26-16-14-12-10-8-6-4-2/h16,26,30,32,48H,3-15,17-25,27-29,31,33-47H2,1-2H3,(H,52,53)(H,54,55)/b26-16-,32-30-. The molecule has 0 aromatic carbocycles. The van der Waals surface area contributed by atoms with Crippen LogP contribution in [0.4, 0.5) is 0 Å². The number of hydrogen-bond acceptors (Lipinski definition) is 4. The SMILES string of the molecule is CCCCCCC/C=C\C/C=C\CCCC(CCCCCCCC(=O)NCC(=O)O)OC(=O)CCCCCCCCCCCCCCCCCCCCCCCC. The Morgan fingerprint density at radius 2 is 0.825 bits per heavy atom. The van der Waals surface area contributed by atoms with Crippen LogP contribution in [0.2, 0.25) is 0 Å². The molecule has 0 radical (unpaired) electrons. The molecule has 0 aromatic heterocycles. The molecule has 1 atom stereocenters. The van der Waals surface area contributed by atoms with Gasteiger partial charge in [-0.25, -0.2) is 0 Å². The minimum absolute atomic E-state index is 0.0139. The summed E-state index contributed by atoms with van der Waals surface area (Å²) in [6.07, 6.45) is 57.6. The molecule has 6 heteroatoms. The summed E-state index contributed by atoms with van der Waals surface area (Å²) in [4.78, 5) is 35.1. The van der Waals surface area contributed by atoms with Gasteiger partial charge in [0.2, 0.25) is 5.91 Å². The van der Waals surface area contributed by atoms with E-state index < -0.39 is 5.97 Å². The number of carbonyl (C=O) groups excluding carboxylic acids is 2. The Balaban J connectivity index is 4.06. The first-order valence-electron chi connectivity index (χ1n) is 25.0. The summed E-state index contributed by atoms with van der Waals surface area (Å²) in [5.74, 6) is -1.25. The lowest BCUT2D eigenvalue weighted by Crippen LogP contribution is -2.28. The molecule has 0 aliphatic carbocycles. The molecule has 0 heterocycles. The van der Waals surface area contributed by atoms with E-state index in [4.69, 9.17) is 9.84 Å². The zero-order valence-electron chi connectivity index (χ0n) is 38.0. The fraction of sp³-hybridized carbons (Fsp3) is 0.863. The topological polar surface area (TPSA) is 92.7 Å². The van der Waals surface area contributed by atoms with Crippen LogP contribution in [-0.4, -0.2) is 35.6 Å². The zero-order chi connectivity index (χ0) is 41.5. The first-order valence-corrected chi connectivity index (χ1v) is 25.0. The van der Waals surface area contributed by atoms with Gasteiger partial charge in [0.25, 0.3) is 0 Å². The predicted molar refractivity (Wildman–Crippen MR) is 245 cm³/mol. The van der Waals surface area contributed by atoms with Crippen molar-refractivity contribution in [1.82, 2.24) is 5.32 Å². The Morgan fingerprint density at radius 3 is 1.28 bits per heavy atom. The lowest BCUT2D eigenvalue weighted by atomic mass is 10.0. The van der Waals surface area contributed by atoms with Gasteiger partial charge in [-0.2, -0.15) is 0 Å². The van der Waals surface area contributed by atoms with Crippen LogP contribution >= 0.6 is 0 Å². The van der Waals surface area contributed by atoms with Crippen molar-refractivity contribution < 1.29 is 24.2 Å². The summed E-state index contributed by atoms with van der Waals surface area (Å²) >= 11 is 0. The van der Waals surface area contributed by atoms with E-state index in [1.807, 2.05) is 0 Å². The molecular formula is C51H95NO5. The zero-order valence-corrected chi connectivity index (χ0v) is 38.0. The number of ether oxygens (including phenoxy) is 1. The number of esters is 1. The molecule has 1 unspecified atom stereocenters. The van der Waals surface area contributed by atoms with E-state index in [9.17, 15) is 14.4 Å². The first-order chi connectivity index (χ1) is 28.0. The van der Waals surface area contributed by atoms with E-state index in [1.54, 1.807) is 0 Å². The Labute approximate surface area is 354 Å². The van der Waals surface area contributed by atoms with Gasteiger partial charge in [-0.1, -0.05) is 218 Å². The fourth-order valence-corrected chi connectivity index (χ4v) is 7.67. The summed E-state index contributed by atoms with van der Waals surface area (Å²) in [6.45, 7) is 4.24. The third-order valence-corrected chi connectivity index (χ3v) is 11.4. The van der Waals surface area contributed by atoms with E-state index >= 15 is 0 Å². The lowest BCUT2D eigenvalue weighted by Gasteiger charge is -2.18. The van der Waals surface area contributed by atoms with Gasteiger partial charge < -0.3 is 15.2 Å². The van der Waals surface area contributed by atoms with Crippen LogP contribution in [0.25, 0.3) is 0 Å². The van der Waals surface area contributed by atoms with Gasteiger partial charge in [0.1, 0.15) is 12.6 Å². The largest absolute Gasteiger partial charge is 0.480 e. The number of unbranched alkanes of at least 4 members (excludes halogenated alkanes) is 31. The second-order valence-corrected chi connectivity index (χ2v) is 17.1. The quantitative estimate of drug-likeness (QED) is 0.0363. The van der Waals surface area contributed by atoms with E-state index in [1.165, 1.54) is 167 Å². The average molecular weight is 802 g/mol. The van der Waals surface area contributed by atoms with Gasteiger partial charge in [-0.05, 0) is 64.2 Å². The molecule has 57 heavy (non-hydrogen) atoms. The van der Waals surface area contributed by atoms with E-state index in [2.05, 4.69) is 43.5 Å². The molecule has 0 rings (SSSR count). The number of hydrogen-bond donors (Lipinski definition) is 2. The molecule has 0 bridgehead atoms. The number of amides is 1. The first kappa shape index (κ1) is 54.9. The summed E-state index contributed by atoms with van der Waals surface area (Å²) in [7, 11) is 0. The van der Waals surface area contributed by atoms with Gasteiger partial charge in [-0.3, -0.25) is 14.4 Å². The van der Waals surface area contributed by atoms with Gasteiger partial charge in [0, 0.05) is 12.8 Å². The maximum absolute atomic E-state index is 12.8. The minimum atomic E-state index is -1.02. The molecule has 0 saturated heterocycles. The molecule has 2 N–H and O–H groups in total. The molecule has 0 aromatic rings. The van der Waals surface area contributed by atoms with Crippen LogP contribution in [0.3, 0.4) is 0 Å². The second-order valence-electron chi connectivity index (χ2n) is 17.1. The number of allylic oxidation sites excluding steroid dienone is 4. The third-order valence-electron chi connectivity index (χ3n) is 11.4. The molecule has 334 valence electrons. The van der Waals surface area contributed by atoms with Gasteiger partial charge in [-0.15, -0.1) is 0 Å². The highest BCUT2D eigenvalue weighted by atomic mass is 16.5. The Kier molecular flexibility index (Phi) is 44.9. The number of carboxylic acid groups (broad SMARTS) is 1. The van der Waals surface area contributed by atoms with Crippen LogP contribution in [0, 0.1) is 0 Å². The Morgan fingerprint density at radius 1 is 0.456 bits per heavy atom. The van der Waals surface area contributed by atoms with Crippen LogP contribution < -0.4 is 5.32 Å². The summed E-state index contributed by atoms with van der Waals surface area (Å²) < 4.78 is 6.03. The van der Waals surface area contributed by atoms with Gasteiger partial charge in [0.05, 0.1) is 0 Å². The van der Waals surface area contributed by atoms with Crippen LogP contribution in [0.1, 0.15) is 271 Å². The molecule has 0 saturated carbocycles. The van der Waals surface area contributed by atoms with Gasteiger partial charge >= 0.3 is 11.9 Å². The summed E-state index contributed by atoms with van der Waals surface area (Å²) in [5.41, 5.74) is 0. The summed E-state index contributed by atoms with van der Waals surface area (Å²) in [6, 6.07) is 0. The third kappa shape index (κ3) is 46.5. The molecule has 0 spiro atoms. The van der Waals surface area contributed by atoms with E-state index in [-0.39, 0.29) is 24.5 Å². The van der Waals surface area contributed by atoms with Crippen molar-refractivity contribution in [2.45, 2.75) is 277 Å². The molecule has 6 nitrogen and oxygen atoms in total. The van der Waals surface area contributed by atoms with Crippen molar-refractivity contribution in [2.24, 2.45) is 0 Å². The molecule has 0 aliphatic rings. The van der Waals surface area contributed by atoms with Crippen LogP contribution in [0.5, 0.6) is 0 Å². The van der Waals surface area contributed by atoms with Crippen molar-refractivity contribution in [3.63, 3.8) is 0 Å². The molecular weight excluding hydrogens is 707 g/mol. The van der Waals surface area contributed by atoms with Crippen molar-refractivity contribution in [2.75, 3.05) is 6.54 Å². The molecule has 0 aliphatic heterocycles. The number of aliphatic carboxylic acids is 1. The maximum Gasteiger partial charge on any atom is 0.322 e. The Hall–Kier alpha value is -2.11. The minimum Gasteiger partial charge on any atom is -0.480 e. The normalized spacial score (nSPS) is 12.2. The number of carbonyl (C=O) groups is 3. The molecule has 1 amide bonds. The number of rotatable bonds is 46. The maximum atomic E-state index is 12.8. The van der Waals surface area contributed by atoms with Crippen molar-refractivity contribution in [3.8, 4) is 0 Å².